The van der Waals surface area contributed by atoms with Crippen molar-refractivity contribution >= 4 is 11.6 Å². The van der Waals surface area contributed by atoms with Crippen molar-refractivity contribution in [1.82, 2.24) is 9.97 Å². The van der Waals surface area contributed by atoms with Crippen LogP contribution in [0.3, 0.4) is 0 Å². The van der Waals surface area contributed by atoms with Crippen LogP contribution >= 0.6 is 0 Å². The number of rotatable bonds is 7. The topological polar surface area (TPSA) is 64.3 Å². The average Bonchev–Trinajstić information content (AvgIpc) is 2.50. The number of ether oxygens (including phenoxy) is 1. The number of hydrogen-bond acceptors (Lipinski definition) is 5. The summed E-state index contributed by atoms with van der Waals surface area (Å²) in [6, 6.07) is 7.93. The summed E-state index contributed by atoms with van der Waals surface area (Å²) in [6.07, 6.45) is 2.42. The highest BCUT2D eigenvalue weighted by atomic mass is 19.1. The van der Waals surface area contributed by atoms with Gasteiger partial charge in [0, 0.05) is 24.5 Å². The molecule has 0 radical (unpaired) electrons. The molecule has 0 aliphatic rings. The summed E-state index contributed by atoms with van der Waals surface area (Å²) in [5.41, 5.74) is 6.40. The molecule has 0 spiro atoms. The predicted molar refractivity (Wildman–Crippen MR) is 80.3 cm³/mol. The summed E-state index contributed by atoms with van der Waals surface area (Å²) >= 11 is 0. The standard InChI is InChI=1S/C15H19FN4O/c1-2-21-14-8-10-18-15(19-14)20(11-3-9-17)13-6-4-12(16)5-7-13/h4-8,10H,2-3,9,11,17H2,1H3. The van der Waals surface area contributed by atoms with Gasteiger partial charge in [-0.05, 0) is 44.2 Å². The van der Waals surface area contributed by atoms with E-state index in [2.05, 4.69) is 9.97 Å². The highest BCUT2D eigenvalue weighted by molar-refractivity contribution is 5.57. The Kier molecular flexibility index (Phi) is 5.45. The lowest BCUT2D eigenvalue weighted by Crippen LogP contribution is -2.23. The minimum absolute atomic E-state index is 0.276. The first kappa shape index (κ1) is 15.2. The number of anilines is 2. The molecule has 0 saturated heterocycles. The van der Waals surface area contributed by atoms with Gasteiger partial charge in [0.15, 0.2) is 0 Å². The zero-order chi connectivity index (χ0) is 15.1. The molecule has 2 aromatic rings. The minimum Gasteiger partial charge on any atom is -0.478 e. The molecule has 0 atom stereocenters. The molecular formula is C15H19FN4O. The second kappa shape index (κ2) is 7.54. The first-order valence-corrected chi connectivity index (χ1v) is 6.93. The number of aromatic nitrogens is 2. The summed E-state index contributed by atoms with van der Waals surface area (Å²) in [5.74, 6) is 0.755. The number of nitrogens with two attached hydrogens (primary N) is 1. The van der Waals surface area contributed by atoms with E-state index < -0.39 is 0 Å². The number of halogens is 1. The highest BCUT2D eigenvalue weighted by Crippen LogP contribution is 2.23. The molecule has 2 N–H and O–H groups in total. The molecule has 0 unspecified atom stereocenters. The van der Waals surface area contributed by atoms with Gasteiger partial charge in [-0.25, -0.2) is 9.37 Å². The molecule has 0 bridgehead atoms. The van der Waals surface area contributed by atoms with Gasteiger partial charge in [-0.3, -0.25) is 0 Å². The Hall–Kier alpha value is -2.21. The third-order valence-electron chi connectivity index (χ3n) is 2.88. The van der Waals surface area contributed by atoms with Gasteiger partial charge in [0.05, 0.1) is 6.61 Å². The summed E-state index contributed by atoms with van der Waals surface area (Å²) in [5, 5.41) is 0. The fourth-order valence-electron chi connectivity index (χ4n) is 1.91. The quantitative estimate of drug-likeness (QED) is 0.848. The molecule has 21 heavy (non-hydrogen) atoms. The Bertz CT molecular complexity index is 562. The fraction of sp³-hybridized carbons (Fsp3) is 0.333. The molecule has 2 rings (SSSR count). The molecule has 1 aromatic carbocycles. The van der Waals surface area contributed by atoms with Gasteiger partial charge in [-0.2, -0.15) is 4.98 Å². The minimum atomic E-state index is -0.276. The van der Waals surface area contributed by atoms with Crippen LogP contribution in [0.25, 0.3) is 0 Å². The van der Waals surface area contributed by atoms with Gasteiger partial charge in [0.1, 0.15) is 5.82 Å². The van der Waals surface area contributed by atoms with Crippen molar-refractivity contribution < 1.29 is 9.13 Å². The molecule has 5 nitrogen and oxygen atoms in total. The first-order valence-electron chi connectivity index (χ1n) is 6.93. The van der Waals surface area contributed by atoms with E-state index in [0.29, 0.717) is 31.5 Å². The van der Waals surface area contributed by atoms with Gasteiger partial charge >= 0.3 is 0 Å². The maximum absolute atomic E-state index is 13.1. The van der Waals surface area contributed by atoms with Crippen molar-refractivity contribution in [2.45, 2.75) is 13.3 Å². The molecule has 112 valence electrons. The average molecular weight is 290 g/mol. The number of nitrogens with zero attached hydrogens (tertiary/aromatic N) is 3. The lowest BCUT2D eigenvalue weighted by Gasteiger charge is -2.22. The van der Waals surface area contributed by atoms with E-state index in [9.17, 15) is 4.39 Å². The Morgan fingerprint density at radius 2 is 2.00 bits per heavy atom. The van der Waals surface area contributed by atoms with Crippen LogP contribution in [0.4, 0.5) is 16.0 Å². The molecule has 0 aliphatic carbocycles. The van der Waals surface area contributed by atoms with Gasteiger partial charge in [-0.1, -0.05) is 0 Å². The van der Waals surface area contributed by atoms with Crippen molar-refractivity contribution in [1.29, 1.82) is 0 Å². The van der Waals surface area contributed by atoms with Crippen LogP contribution in [0.15, 0.2) is 36.5 Å². The lowest BCUT2D eigenvalue weighted by atomic mass is 10.2. The SMILES string of the molecule is CCOc1ccnc(N(CCCN)c2ccc(F)cc2)n1. The second-order valence-corrected chi connectivity index (χ2v) is 4.40. The lowest BCUT2D eigenvalue weighted by molar-refractivity contribution is 0.326. The molecule has 6 heteroatoms. The molecule has 0 fully saturated rings. The first-order chi connectivity index (χ1) is 10.2. The summed E-state index contributed by atoms with van der Waals surface area (Å²) in [7, 11) is 0. The molecule has 0 saturated carbocycles. The van der Waals surface area contributed by atoms with Gasteiger partial charge in [-0.15, -0.1) is 0 Å². The zero-order valence-electron chi connectivity index (χ0n) is 12.0. The van der Waals surface area contributed by atoms with Crippen LogP contribution in [0.5, 0.6) is 5.88 Å². The molecule has 1 aromatic heterocycles. The fourth-order valence-corrected chi connectivity index (χ4v) is 1.91. The van der Waals surface area contributed by atoms with Crippen LogP contribution in [-0.2, 0) is 0 Å². The Labute approximate surface area is 123 Å². The molecule has 0 amide bonds. The monoisotopic (exact) mass is 290 g/mol. The van der Waals surface area contributed by atoms with Crippen molar-refractivity contribution in [3.63, 3.8) is 0 Å². The third kappa shape index (κ3) is 4.13. The van der Waals surface area contributed by atoms with Crippen LogP contribution in [0.1, 0.15) is 13.3 Å². The Morgan fingerprint density at radius 1 is 1.24 bits per heavy atom. The zero-order valence-corrected chi connectivity index (χ0v) is 12.0. The second-order valence-electron chi connectivity index (χ2n) is 4.40. The normalized spacial score (nSPS) is 10.4. The Morgan fingerprint density at radius 3 is 2.67 bits per heavy atom. The van der Waals surface area contributed by atoms with Crippen LogP contribution < -0.4 is 15.4 Å². The van der Waals surface area contributed by atoms with E-state index in [1.54, 1.807) is 24.4 Å². The largest absolute Gasteiger partial charge is 0.478 e. The van der Waals surface area contributed by atoms with Crippen molar-refractivity contribution in [3.05, 3.63) is 42.3 Å². The maximum Gasteiger partial charge on any atom is 0.233 e. The summed E-state index contributed by atoms with van der Waals surface area (Å²) < 4.78 is 18.5. The third-order valence-corrected chi connectivity index (χ3v) is 2.88. The van der Waals surface area contributed by atoms with E-state index in [4.69, 9.17) is 10.5 Å². The summed E-state index contributed by atoms with van der Waals surface area (Å²) in [6.45, 7) is 3.64. The molecular weight excluding hydrogens is 271 g/mol. The number of benzene rings is 1. The van der Waals surface area contributed by atoms with Crippen molar-refractivity contribution in [3.8, 4) is 5.88 Å². The highest BCUT2D eigenvalue weighted by Gasteiger charge is 2.13. The van der Waals surface area contributed by atoms with Gasteiger partial charge in [0.25, 0.3) is 0 Å². The molecule has 0 aliphatic heterocycles. The van der Waals surface area contributed by atoms with Crippen LogP contribution in [0.2, 0.25) is 0 Å². The predicted octanol–water partition coefficient (Wildman–Crippen LogP) is 2.50. The van der Waals surface area contributed by atoms with E-state index in [0.717, 1.165) is 12.1 Å². The van der Waals surface area contributed by atoms with Crippen molar-refractivity contribution in [2.75, 3.05) is 24.6 Å². The van der Waals surface area contributed by atoms with E-state index in [1.165, 1.54) is 12.1 Å². The Balaban J connectivity index is 2.30. The van der Waals surface area contributed by atoms with E-state index >= 15 is 0 Å². The van der Waals surface area contributed by atoms with Crippen LogP contribution in [0, 0.1) is 5.82 Å². The maximum atomic E-state index is 13.1. The van der Waals surface area contributed by atoms with Gasteiger partial charge in [0.2, 0.25) is 11.8 Å². The number of hydrogen-bond donors (Lipinski definition) is 1. The van der Waals surface area contributed by atoms with Gasteiger partial charge < -0.3 is 15.4 Å². The van der Waals surface area contributed by atoms with E-state index in [-0.39, 0.29) is 5.82 Å². The smallest absolute Gasteiger partial charge is 0.233 e. The van der Waals surface area contributed by atoms with Crippen LogP contribution in [-0.4, -0.2) is 29.7 Å². The van der Waals surface area contributed by atoms with E-state index in [1.807, 2.05) is 11.8 Å². The summed E-state index contributed by atoms with van der Waals surface area (Å²) in [4.78, 5) is 10.5. The molecule has 1 heterocycles. The van der Waals surface area contributed by atoms with Crippen molar-refractivity contribution in [2.24, 2.45) is 5.73 Å².